The molecule has 0 radical (unpaired) electrons. The largest absolute Gasteiger partial charge is 0.353 e. The Morgan fingerprint density at radius 1 is 1.47 bits per heavy atom. The van der Waals surface area contributed by atoms with Crippen molar-refractivity contribution in [1.82, 2.24) is 20.0 Å². The van der Waals surface area contributed by atoms with Gasteiger partial charge in [-0.2, -0.15) is 4.98 Å². The van der Waals surface area contributed by atoms with Gasteiger partial charge in [0, 0.05) is 25.5 Å². The van der Waals surface area contributed by atoms with E-state index in [1.807, 2.05) is 26.2 Å². The molecule has 15 heavy (non-hydrogen) atoms. The zero-order valence-corrected chi connectivity index (χ0v) is 8.90. The lowest BCUT2D eigenvalue weighted by atomic mass is 10.4. The molecule has 5 heteroatoms. The summed E-state index contributed by atoms with van der Waals surface area (Å²) < 4.78 is 7.06. The van der Waals surface area contributed by atoms with Gasteiger partial charge in [-0.1, -0.05) is 5.16 Å². The standard InChI is InChI=1S/C10H14N4O/c1-8-12-10(15-13-8)7-11-6-9-4-3-5-14(9)2/h3-5,11H,6-7H2,1-2H3. The maximum Gasteiger partial charge on any atom is 0.240 e. The number of rotatable bonds is 4. The SMILES string of the molecule is Cc1noc(CNCc2cccn2C)n1. The van der Waals surface area contributed by atoms with Crippen molar-refractivity contribution in [3.63, 3.8) is 0 Å². The lowest BCUT2D eigenvalue weighted by molar-refractivity contribution is 0.363. The van der Waals surface area contributed by atoms with Crippen LogP contribution in [0.25, 0.3) is 0 Å². The number of hydrogen-bond acceptors (Lipinski definition) is 4. The minimum absolute atomic E-state index is 0.603. The predicted molar refractivity (Wildman–Crippen MR) is 55.0 cm³/mol. The van der Waals surface area contributed by atoms with Gasteiger partial charge in [-0.15, -0.1) is 0 Å². The van der Waals surface area contributed by atoms with Crippen LogP contribution in [0.4, 0.5) is 0 Å². The highest BCUT2D eigenvalue weighted by atomic mass is 16.5. The van der Waals surface area contributed by atoms with Crippen LogP contribution in [0.15, 0.2) is 22.9 Å². The normalized spacial score (nSPS) is 10.8. The smallest absolute Gasteiger partial charge is 0.240 e. The third kappa shape index (κ3) is 2.44. The van der Waals surface area contributed by atoms with Crippen LogP contribution in [-0.2, 0) is 20.1 Å². The third-order valence-electron chi connectivity index (χ3n) is 2.20. The van der Waals surface area contributed by atoms with E-state index >= 15 is 0 Å². The molecule has 0 aliphatic heterocycles. The first-order valence-electron chi connectivity index (χ1n) is 4.86. The molecule has 0 bridgehead atoms. The number of hydrogen-bond donors (Lipinski definition) is 1. The topological polar surface area (TPSA) is 55.9 Å². The minimum Gasteiger partial charge on any atom is -0.353 e. The fraction of sp³-hybridized carbons (Fsp3) is 0.400. The highest BCUT2D eigenvalue weighted by Crippen LogP contribution is 2.00. The number of aryl methyl sites for hydroxylation is 2. The summed E-state index contributed by atoms with van der Waals surface area (Å²) in [5.41, 5.74) is 1.23. The molecule has 0 unspecified atom stereocenters. The van der Waals surface area contributed by atoms with E-state index in [4.69, 9.17) is 4.52 Å². The Bertz CT molecular complexity index is 432. The molecule has 0 amide bonds. The van der Waals surface area contributed by atoms with Crippen LogP contribution in [0.5, 0.6) is 0 Å². The van der Waals surface area contributed by atoms with E-state index in [9.17, 15) is 0 Å². The van der Waals surface area contributed by atoms with Crippen LogP contribution in [0, 0.1) is 6.92 Å². The van der Waals surface area contributed by atoms with Gasteiger partial charge >= 0.3 is 0 Å². The predicted octanol–water partition coefficient (Wildman–Crippen LogP) is 1.01. The molecule has 0 aromatic carbocycles. The van der Waals surface area contributed by atoms with Crippen molar-refractivity contribution in [2.24, 2.45) is 7.05 Å². The maximum atomic E-state index is 4.98. The summed E-state index contributed by atoms with van der Waals surface area (Å²) in [4.78, 5) is 4.10. The molecule has 0 aliphatic rings. The molecule has 80 valence electrons. The van der Waals surface area contributed by atoms with Crippen molar-refractivity contribution in [3.05, 3.63) is 35.7 Å². The van der Waals surface area contributed by atoms with Gasteiger partial charge in [0.25, 0.3) is 0 Å². The summed E-state index contributed by atoms with van der Waals surface area (Å²) in [6, 6.07) is 4.10. The monoisotopic (exact) mass is 206 g/mol. The van der Waals surface area contributed by atoms with Crippen molar-refractivity contribution < 1.29 is 4.52 Å². The molecule has 2 aromatic rings. The highest BCUT2D eigenvalue weighted by Gasteiger charge is 2.02. The molecule has 0 saturated carbocycles. The average molecular weight is 206 g/mol. The van der Waals surface area contributed by atoms with E-state index in [-0.39, 0.29) is 0 Å². The quantitative estimate of drug-likeness (QED) is 0.811. The zero-order chi connectivity index (χ0) is 10.7. The van der Waals surface area contributed by atoms with E-state index in [0.29, 0.717) is 18.3 Å². The molecule has 0 aliphatic carbocycles. The van der Waals surface area contributed by atoms with Gasteiger partial charge in [-0.25, -0.2) is 0 Å². The molecule has 2 heterocycles. The van der Waals surface area contributed by atoms with Crippen molar-refractivity contribution in [2.75, 3.05) is 0 Å². The molecule has 2 aromatic heterocycles. The molecule has 0 saturated heterocycles. The van der Waals surface area contributed by atoms with Gasteiger partial charge in [0.15, 0.2) is 5.82 Å². The summed E-state index contributed by atoms with van der Waals surface area (Å²) in [5.74, 6) is 1.30. The lowest BCUT2D eigenvalue weighted by Gasteiger charge is -2.03. The van der Waals surface area contributed by atoms with E-state index in [0.717, 1.165) is 6.54 Å². The Kier molecular flexibility index (Phi) is 2.82. The van der Waals surface area contributed by atoms with Gasteiger partial charge in [0.05, 0.1) is 6.54 Å². The van der Waals surface area contributed by atoms with Gasteiger partial charge in [-0.05, 0) is 19.1 Å². The molecule has 1 N–H and O–H groups in total. The molecule has 2 rings (SSSR count). The van der Waals surface area contributed by atoms with Crippen LogP contribution < -0.4 is 5.32 Å². The number of aromatic nitrogens is 3. The maximum absolute atomic E-state index is 4.98. The Labute approximate surface area is 88.1 Å². The van der Waals surface area contributed by atoms with Gasteiger partial charge in [0.1, 0.15) is 0 Å². The second kappa shape index (κ2) is 4.27. The summed E-state index contributed by atoms with van der Waals surface area (Å²) >= 11 is 0. The Morgan fingerprint density at radius 2 is 2.33 bits per heavy atom. The Hall–Kier alpha value is -1.62. The lowest BCUT2D eigenvalue weighted by Crippen LogP contribution is -2.14. The van der Waals surface area contributed by atoms with Crippen molar-refractivity contribution >= 4 is 0 Å². The van der Waals surface area contributed by atoms with Crippen LogP contribution in [-0.4, -0.2) is 14.7 Å². The first-order valence-corrected chi connectivity index (χ1v) is 4.86. The van der Waals surface area contributed by atoms with Gasteiger partial charge in [0.2, 0.25) is 5.89 Å². The van der Waals surface area contributed by atoms with Crippen LogP contribution in [0.3, 0.4) is 0 Å². The van der Waals surface area contributed by atoms with E-state index in [1.165, 1.54) is 5.69 Å². The van der Waals surface area contributed by atoms with E-state index in [1.54, 1.807) is 0 Å². The second-order valence-electron chi connectivity index (χ2n) is 3.45. The van der Waals surface area contributed by atoms with Crippen molar-refractivity contribution in [3.8, 4) is 0 Å². The first-order chi connectivity index (χ1) is 7.25. The van der Waals surface area contributed by atoms with Gasteiger partial charge < -0.3 is 14.4 Å². The number of nitrogens with one attached hydrogen (secondary N) is 1. The molecular formula is C10H14N4O. The molecule has 0 fully saturated rings. The summed E-state index contributed by atoms with van der Waals surface area (Å²) in [5, 5.41) is 6.96. The Morgan fingerprint density at radius 3 is 2.93 bits per heavy atom. The molecule has 0 spiro atoms. The zero-order valence-electron chi connectivity index (χ0n) is 8.90. The summed E-state index contributed by atoms with van der Waals surface area (Å²) in [7, 11) is 2.02. The number of nitrogens with zero attached hydrogens (tertiary/aromatic N) is 3. The Balaban J connectivity index is 1.83. The fourth-order valence-corrected chi connectivity index (χ4v) is 1.39. The highest BCUT2D eigenvalue weighted by molar-refractivity contribution is 5.05. The van der Waals surface area contributed by atoms with E-state index in [2.05, 4.69) is 26.1 Å². The molecular weight excluding hydrogens is 192 g/mol. The van der Waals surface area contributed by atoms with Crippen molar-refractivity contribution in [1.29, 1.82) is 0 Å². The van der Waals surface area contributed by atoms with Crippen LogP contribution in [0.2, 0.25) is 0 Å². The van der Waals surface area contributed by atoms with Crippen LogP contribution in [0.1, 0.15) is 17.4 Å². The van der Waals surface area contributed by atoms with Gasteiger partial charge in [-0.3, -0.25) is 0 Å². The average Bonchev–Trinajstić information content (AvgIpc) is 2.77. The van der Waals surface area contributed by atoms with Crippen LogP contribution >= 0.6 is 0 Å². The minimum atomic E-state index is 0.603. The van der Waals surface area contributed by atoms with E-state index < -0.39 is 0 Å². The third-order valence-corrected chi connectivity index (χ3v) is 2.20. The second-order valence-corrected chi connectivity index (χ2v) is 3.45. The summed E-state index contributed by atoms with van der Waals surface area (Å²) in [6.07, 6.45) is 2.02. The summed E-state index contributed by atoms with van der Waals surface area (Å²) in [6.45, 7) is 3.21. The molecule has 5 nitrogen and oxygen atoms in total. The van der Waals surface area contributed by atoms with Crippen molar-refractivity contribution in [2.45, 2.75) is 20.0 Å². The fourth-order valence-electron chi connectivity index (χ4n) is 1.39. The first kappa shape index (κ1) is 9.92. The molecule has 0 atom stereocenters.